The monoisotopic (exact) mass is 463 g/mol. The van der Waals surface area contributed by atoms with Crippen LogP contribution in [0.15, 0.2) is 59.8 Å². The molecule has 8 nitrogen and oxygen atoms in total. The average molecular weight is 464 g/mol. The van der Waals surface area contributed by atoms with Gasteiger partial charge >= 0.3 is 0 Å². The number of aromatic amines is 1. The van der Waals surface area contributed by atoms with Crippen molar-refractivity contribution in [3.05, 3.63) is 66.0 Å². The maximum Gasteiger partial charge on any atom is 0.221 e. The second-order valence-corrected chi connectivity index (χ2v) is 9.57. The van der Waals surface area contributed by atoms with Gasteiger partial charge in [-0.2, -0.15) is 0 Å². The van der Waals surface area contributed by atoms with Gasteiger partial charge in [0, 0.05) is 24.3 Å². The molecule has 0 spiro atoms. The van der Waals surface area contributed by atoms with Crippen LogP contribution < -0.4 is 10.0 Å². The molecule has 0 saturated carbocycles. The molecule has 1 unspecified atom stereocenters. The van der Waals surface area contributed by atoms with E-state index in [1.54, 1.807) is 0 Å². The van der Waals surface area contributed by atoms with Gasteiger partial charge in [-0.15, -0.1) is 5.10 Å². The molecule has 0 aliphatic heterocycles. The van der Waals surface area contributed by atoms with Gasteiger partial charge in [-0.25, -0.2) is 22.5 Å². The number of carbonyl (C=O) groups is 1. The van der Waals surface area contributed by atoms with E-state index in [2.05, 4.69) is 25.2 Å². The number of nitrogens with zero attached hydrogens (tertiary/aromatic N) is 2. The fourth-order valence-electron chi connectivity index (χ4n) is 2.81. The Kier molecular flexibility index (Phi) is 7.77. The molecule has 3 rings (SSSR count). The predicted molar refractivity (Wildman–Crippen MR) is 117 cm³/mol. The number of amides is 1. The van der Waals surface area contributed by atoms with Gasteiger partial charge < -0.3 is 5.32 Å². The Hall–Kier alpha value is -2.76. The largest absolute Gasteiger partial charge is 0.355 e. The first-order valence-electron chi connectivity index (χ1n) is 9.40. The van der Waals surface area contributed by atoms with Crippen molar-refractivity contribution in [1.82, 2.24) is 25.2 Å². The summed E-state index contributed by atoms with van der Waals surface area (Å²) in [7, 11) is -3.56. The topological polar surface area (TPSA) is 117 Å². The normalized spacial score (nSPS) is 12.5. The third-order valence-electron chi connectivity index (χ3n) is 4.19. The van der Waals surface area contributed by atoms with Gasteiger partial charge in [0.2, 0.25) is 21.1 Å². The van der Waals surface area contributed by atoms with Crippen LogP contribution in [0.1, 0.15) is 18.0 Å². The standard InChI is InChI=1S/C20H22FN5O3S2/c1-31(28,29)26-17(14-7-9-16(21)10-8-14)13-18(27)22-11-12-30-20-23-19(24-25-20)15-5-3-2-4-6-15/h2-10,17,26H,11-13H2,1H3,(H,22,27)(H,23,24,25). The smallest absolute Gasteiger partial charge is 0.221 e. The molecular formula is C20H22FN5O3S2. The van der Waals surface area contributed by atoms with Crippen molar-refractivity contribution in [2.24, 2.45) is 0 Å². The maximum absolute atomic E-state index is 13.2. The summed E-state index contributed by atoms with van der Waals surface area (Å²) < 4.78 is 38.9. The summed E-state index contributed by atoms with van der Waals surface area (Å²) in [4.78, 5) is 16.7. The van der Waals surface area contributed by atoms with E-state index in [0.717, 1.165) is 11.8 Å². The number of thioether (sulfide) groups is 1. The van der Waals surface area contributed by atoms with Crippen LogP contribution in [0, 0.1) is 5.82 Å². The van der Waals surface area contributed by atoms with Crippen LogP contribution in [-0.4, -0.2) is 48.1 Å². The quantitative estimate of drug-likeness (QED) is 0.314. The molecule has 0 fully saturated rings. The number of sulfonamides is 1. The summed E-state index contributed by atoms with van der Waals surface area (Å²) in [6, 6.07) is 14.2. The second kappa shape index (κ2) is 10.5. The summed E-state index contributed by atoms with van der Waals surface area (Å²) in [5, 5.41) is 10.4. The minimum atomic E-state index is -3.56. The molecule has 0 aliphatic carbocycles. The summed E-state index contributed by atoms with van der Waals surface area (Å²) in [5.74, 6) is 0.441. The van der Waals surface area contributed by atoms with Crippen molar-refractivity contribution < 1.29 is 17.6 Å². The third kappa shape index (κ3) is 7.46. The lowest BCUT2D eigenvalue weighted by molar-refractivity contribution is -0.121. The van der Waals surface area contributed by atoms with Crippen LogP contribution >= 0.6 is 11.8 Å². The zero-order chi connectivity index (χ0) is 22.3. The Morgan fingerprint density at radius 3 is 2.55 bits per heavy atom. The molecule has 3 N–H and O–H groups in total. The van der Waals surface area contributed by atoms with Crippen LogP contribution in [0.4, 0.5) is 4.39 Å². The summed E-state index contributed by atoms with van der Waals surface area (Å²) in [6.07, 6.45) is 0.904. The average Bonchev–Trinajstić information content (AvgIpc) is 3.20. The number of hydrogen-bond acceptors (Lipinski definition) is 6. The van der Waals surface area contributed by atoms with Crippen LogP contribution in [0.5, 0.6) is 0 Å². The van der Waals surface area contributed by atoms with Gasteiger partial charge in [0.15, 0.2) is 5.82 Å². The molecule has 1 atom stereocenters. The minimum Gasteiger partial charge on any atom is -0.355 e. The minimum absolute atomic E-state index is 0.109. The highest BCUT2D eigenvalue weighted by molar-refractivity contribution is 7.99. The highest BCUT2D eigenvalue weighted by Gasteiger charge is 2.20. The first-order valence-corrected chi connectivity index (χ1v) is 12.3. The fraction of sp³-hybridized carbons (Fsp3) is 0.250. The third-order valence-corrected chi connectivity index (χ3v) is 5.75. The lowest BCUT2D eigenvalue weighted by Gasteiger charge is -2.17. The van der Waals surface area contributed by atoms with Crippen LogP contribution in [-0.2, 0) is 14.8 Å². The SMILES string of the molecule is CS(=O)(=O)NC(CC(=O)NCCSc1n[nH]c(-c2ccccc2)n1)c1ccc(F)cc1. The van der Waals surface area contributed by atoms with Crippen molar-refractivity contribution >= 4 is 27.7 Å². The molecule has 3 aromatic rings. The number of rotatable bonds is 10. The highest BCUT2D eigenvalue weighted by Crippen LogP contribution is 2.20. The summed E-state index contributed by atoms with van der Waals surface area (Å²) in [6.45, 7) is 0.355. The van der Waals surface area contributed by atoms with Gasteiger partial charge in [-0.3, -0.25) is 9.89 Å². The van der Waals surface area contributed by atoms with Crippen LogP contribution in [0.2, 0.25) is 0 Å². The number of aromatic nitrogens is 3. The zero-order valence-corrected chi connectivity index (χ0v) is 18.3. The molecule has 0 saturated heterocycles. The summed E-state index contributed by atoms with van der Waals surface area (Å²) >= 11 is 1.38. The Morgan fingerprint density at radius 1 is 1.16 bits per heavy atom. The Morgan fingerprint density at radius 2 is 1.87 bits per heavy atom. The van der Waals surface area contributed by atoms with Crippen LogP contribution in [0.25, 0.3) is 11.4 Å². The molecule has 0 aliphatic rings. The molecule has 1 heterocycles. The molecule has 2 aromatic carbocycles. The van der Waals surface area contributed by atoms with E-state index in [1.807, 2.05) is 30.3 Å². The Balaban J connectivity index is 1.49. The molecule has 0 radical (unpaired) electrons. The summed E-state index contributed by atoms with van der Waals surface area (Å²) in [5.41, 5.74) is 1.44. The number of hydrogen-bond donors (Lipinski definition) is 3. The zero-order valence-electron chi connectivity index (χ0n) is 16.7. The molecule has 1 amide bonds. The Bertz CT molecular complexity index is 1110. The molecule has 31 heavy (non-hydrogen) atoms. The first kappa shape index (κ1) is 22.9. The van der Waals surface area contributed by atoms with Crippen molar-refractivity contribution in [2.75, 3.05) is 18.6 Å². The predicted octanol–water partition coefficient (Wildman–Crippen LogP) is 2.50. The van der Waals surface area contributed by atoms with Crippen molar-refractivity contribution in [3.8, 4) is 11.4 Å². The highest BCUT2D eigenvalue weighted by atomic mass is 32.2. The van der Waals surface area contributed by atoms with Gasteiger partial charge in [0.1, 0.15) is 5.82 Å². The van der Waals surface area contributed by atoms with Gasteiger partial charge in [-0.1, -0.05) is 54.2 Å². The molecule has 164 valence electrons. The number of halogens is 1. The van der Waals surface area contributed by atoms with Gasteiger partial charge in [-0.05, 0) is 17.7 Å². The van der Waals surface area contributed by atoms with E-state index in [0.29, 0.717) is 28.8 Å². The van der Waals surface area contributed by atoms with E-state index in [9.17, 15) is 17.6 Å². The van der Waals surface area contributed by atoms with Crippen molar-refractivity contribution in [1.29, 1.82) is 0 Å². The number of carbonyl (C=O) groups excluding carboxylic acids is 1. The molecular weight excluding hydrogens is 441 g/mol. The lowest BCUT2D eigenvalue weighted by atomic mass is 10.0. The number of benzene rings is 2. The van der Waals surface area contributed by atoms with E-state index < -0.39 is 21.9 Å². The van der Waals surface area contributed by atoms with Crippen molar-refractivity contribution in [2.45, 2.75) is 17.6 Å². The van der Waals surface area contributed by atoms with E-state index in [-0.39, 0.29) is 12.3 Å². The number of nitrogens with one attached hydrogen (secondary N) is 3. The van der Waals surface area contributed by atoms with Crippen LogP contribution in [0.3, 0.4) is 0 Å². The first-order chi connectivity index (χ1) is 14.8. The van der Waals surface area contributed by atoms with Gasteiger partial charge in [0.25, 0.3) is 0 Å². The van der Waals surface area contributed by atoms with E-state index in [1.165, 1.54) is 36.0 Å². The van der Waals surface area contributed by atoms with Gasteiger partial charge in [0.05, 0.1) is 12.3 Å². The lowest BCUT2D eigenvalue weighted by Crippen LogP contribution is -2.34. The van der Waals surface area contributed by atoms with E-state index >= 15 is 0 Å². The maximum atomic E-state index is 13.2. The molecule has 0 bridgehead atoms. The second-order valence-electron chi connectivity index (χ2n) is 6.73. The van der Waals surface area contributed by atoms with E-state index in [4.69, 9.17) is 0 Å². The van der Waals surface area contributed by atoms with Crippen molar-refractivity contribution in [3.63, 3.8) is 0 Å². The number of H-pyrrole nitrogens is 1. The molecule has 11 heteroatoms. The Labute approximate surface area is 184 Å². The molecule has 1 aromatic heterocycles. The fourth-order valence-corrected chi connectivity index (χ4v) is 4.20.